The van der Waals surface area contributed by atoms with Gasteiger partial charge in [-0.05, 0) is 32.1 Å². The second-order valence-electron chi connectivity index (χ2n) is 5.64. The summed E-state index contributed by atoms with van der Waals surface area (Å²) in [5.41, 5.74) is 0. The van der Waals surface area contributed by atoms with Gasteiger partial charge in [0.15, 0.2) is 0 Å². The summed E-state index contributed by atoms with van der Waals surface area (Å²) in [7, 11) is 0. The maximum atomic E-state index is 11.8. The monoisotopic (exact) mass is 240 g/mol. The molecule has 17 heavy (non-hydrogen) atoms. The number of aliphatic hydroxyl groups excluding tert-OH is 1. The number of carbonyl (C=O) groups excluding carboxylic acids is 1. The fraction of sp³-hybridized carbons (Fsp3) is 0.923. The summed E-state index contributed by atoms with van der Waals surface area (Å²) in [5.74, 6) is 1.14. The minimum atomic E-state index is -0.136. The van der Waals surface area contributed by atoms with E-state index in [2.05, 4.69) is 17.1 Å². The summed E-state index contributed by atoms with van der Waals surface area (Å²) in [5, 5.41) is 12.8. The highest BCUT2D eigenvalue weighted by Crippen LogP contribution is 2.37. The molecule has 0 spiro atoms. The Labute approximate surface area is 103 Å². The Kier molecular flexibility index (Phi) is 4.05. The van der Waals surface area contributed by atoms with E-state index in [0.717, 1.165) is 32.4 Å². The van der Waals surface area contributed by atoms with Crippen LogP contribution in [0, 0.1) is 11.8 Å². The van der Waals surface area contributed by atoms with Crippen molar-refractivity contribution in [2.75, 3.05) is 19.6 Å². The summed E-state index contributed by atoms with van der Waals surface area (Å²) in [4.78, 5) is 13.9. The summed E-state index contributed by atoms with van der Waals surface area (Å²) < 4.78 is 0. The number of hydrogen-bond donors (Lipinski definition) is 2. The second kappa shape index (κ2) is 5.36. The van der Waals surface area contributed by atoms with Crippen molar-refractivity contribution in [3.8, 4) is 0 Å². The van der Waals surface area contributed by atoms with Crippen molar-refractivity contribution in [3.63, 3.8) is 0 Å². The molecule has 4 heteroatoms. The third-order valence-electron chi connectivity index (χ3n) is 4.28. The first-order valence-corrected chi connectivity index (χ1v) is 6.80. The van der Waals surface area contributed by atoms with Gasteiger partial charge < -0.3 is 10.4 Å². The van der Waals surface area contributed by atoms with Gasteiger partial charge in [-0.2, -0.15) is 0 Å². The van der Waals surface area contributed by atoms with E-state index >= 15 is 0 Å². The van der Waals surface area contributed by atoms with Crippen molar-refractivity contribution < 1.29 is 9.90 Å². The SMILES string of the molecule is CCC(C)NC(=O)CN1CC2CCC(O)C2C1. The van der Waals surface area contributed by atoms with Gasteiger partial charge in [-0.1, -0.05) is 6.92 Å². The van der Waals surface area contributed by atoms with Crippen LogP contribution in [0.4, 0.5) is 0 Å². The molecule has 98 valence electrons. The highest BCUT2D eigenvalue weighted by molar-refractivity contribution is 5.78. The minimum Gasteiger partial charge on any atom is -0.393 e. The molecular weight excluding hydrogens is 216 g/mol. The third-order valence-corrected chi connectivity index (χ3v) is 4.28. The molecule has 4 nitrogen and oxygen atoms in total. The standard InChI is InChI=1S/C13H24N2O2/c1-3-9(2)14-13(17)8-15-6-10-4-5-12(16)11(10)7-15/h9-12,16H,3-8H2,1-2H3,(H,14,17). The normalized spacial score (nSPS) is 34.6. The fourth-order valence-electron chi connectivity index (χ4n) is 3.08. The number of carbonyl (C=O) groups is 1. The van der Waals surface area contributed by atoms with E-state index in [1.165, 1.54) is 0 Å². The number of nitrogens with one attached hydrogen (secondary N) is 1. The first-order chi connectivity index (χ1) is 8.10. The molecule has 1 saturated carbocycles. The van der Waals surface area contributed by atoms with Crippen LogP contribution in [-0.4, -0.2) is 47.7 Å². The van der Waals surface area contributed by atoms with E-state index < -0.39 is 0 Å². The van der Waals surface area contributed by atoms with Crippen LogP contribution < -0.4 is 5.32 Å². The number of fused-ring (bicyclic) bond motifs is 1. The molecule has 1 heterocycles. The summed E-state index contributed by atoms with van der Waals surface area (Å²) in [6.07, 6.45) is 2.90. The van der Waals surface area contributed by atoms with E-state index in [9.17, 15) is 9.90 Å². The molecule has 0 aromatic rings. The first-order valence-electron chi connectivity index (χ1n) is 6.80. The summed E-state index contributed by atoms with van der Waals surface area (Å²) in [6.45, 7) is 6.46. The highest BCUT2D eigenvalue weighted by atomic mass is 16.3. The van der Waals surface area contributed by atoms with Crippen LogP contribution in [0.25, 0.3) is 0 Å². The second-order valence-corrected chi connectivity index (χ2v) is 5.64. The fourth-order valence-corrected chi connectivity index (χ4v) is 3.08. The molecule has 0 bridgehead atoms. The molecule has 2 N–H and O–H groups in total. The van der Waals surface area contributed by atoms with Crippen LogP contribution in [-0.2, 0) is 4.79 Å². The molecule has 0 radical (unpaired) electrons. The van der Waals surface area contributed by atoms with Gasteiger partial charge in [0.1, 0.15) is 0 Å². The van der Waals surface area contributed by atoms with Crippen LogP contribution in [0.15, 0.2) is 0 Å². The van der Waals surface area contributed by atoms with Crippen molar-refractivity contribution >= 4 is 5.91 Å². The average Bonchev–Trinajstić information content (AvgIpc) is 2.81. The largest absolute Gasteiger partial charge is 0.393 e. The minimum absolute atomic E-state index is 0.119. The number of rotatable bonds is 4. The highest BCUT2D eigenvalue weighted by Gasteiger charge is 2.41. The van der Waals surface area contributed by atoms with Crippen LogP contribution in [0.5, 0.6) is 0 Å². The first kappa shape index (κ1) is 12.8. The number of aliphatic hydroxyl groups is 1. The molecule has 4 atom stereocenters. The molecule has 1 saturated heterocycles. The van der Waals surface area contributed by atoms with Gasteiger partial charge in [-0.15, -0.1) is 0 Å². The molecule has 4 unspecified atom stereocenters. The topological polar surface area (TPSA) is 52.6 Å². The molecule has 2 fully saturated rings. The van der Waals surface area contributed by atoms with E-state index in [-0.39, 0.29) is 18.1 Å². The third kappa shape index (κ3) is 2.99. The van der Waals surface area contributed by atoms with Crippen molar-refractivity contribution in [3.05, 3.63) is 0 Å². The van der Waals surface area contributed by atoms with Crippen molar-refractivity contribution in [2.24, 2.45) is 11.8 Å². The molecule has 2 aliphatic rings. The molecule has 2 rings (SSSR count). The smallest absolute Gasteiger partial charge is 0.234 e. The predicted octanol–water partition coefficient (Wildman–Crippen LogP) is 0.604. The Hall–Kier alpha value is -0.610. The van der Waals surface area contributed by atoms with E-state index in [1.807, 2.05) is 6.92 Å². The maximum Gasteiger partial charge on any atom is 0.234 e. The van der Waals surface area contributed by atoms with Gasteiger partial charge in [0.25, 0.3) is 0 Å². The Morgan fingerprint density at radius 1 is 1.47 bits per heavy atom. The van der Waals surface area contributed by atoms with Gasteiger partial charge in [0.2, 0.25) is 5.91 Å². The lowest BCUT2D eigenvalue weighted by Gasteiger charge is -2.19. The molecule has 0 aromatic heterocycles. The lowest BCUT2D eigenvalue weighted by molar-refractivity contribution is -0.122. The Balaban J connectivity index is 1.76. The Bertz CT molecular complexity index is 283. The van der Waals surface area contributed by atoms with Crippen molar-refractivity contribution in [2.45, 2.75) is 45.3 Å². The molecule has 1 aliphatic carbocycles. The van der Waals surface area contributed by atoms with Crippen molar-refractivity contribution in [1.29, 1.82) is 0 Å². The van der Waals surface area contributed by atoms with Crippen LogP contribution >= 0.6 is 0 Å². The number of nitrogens with zero attached hydrogens (tertiary/aromatic N) is 1. The molecule has 0 aromatic carbocycles. The number of amides is 1. The quantitative estimate of drug-likeness (QED) is 0.757. The lowest BCUT2D eigenvalue weighted by atomic mass is 10.00. The summed E-state index contributed by atoms with van der Waals surface area (Å²) in [6, 6.07) is 0.259. The van der Waals surface area contributed by atoms with Crippen LogP contribution in [0.2, 0.25) is 0 Å². The zero-order valence-corrected chi connectivity index (χ0v) is 10.9. The molecule has 1 aliphatic heterocycles. The predicted molar refractivity (Wildman–Crippen MR) is 66.6 cm³/mol. The van der Waals surface area contributed by atoms with Gasteiger partial charge in [0.05, 0.1) is 12.6 Å². The average molecular weight is 240 g/mol. The van der Waals surface area contributed by atoms with Crippen LogP contribution in [0.1, 0.15) is 33.1 Å². The zero-order chi connectivity index (χ0) is 12.4. The lowest BCUT2D eigenvalue weighted by Crippen LogP contribution is -2.40. The van der Waals surface area contributed by atoms with Gasteiger partial charge in [-0.3, -0.25) is 9.69 Å². The van der Waals surface area contributed by atoms with Crippen LogP contribution in [0.3, 0.4) is 0 Å². The Morgan fingerprint density at radius 3 is 2.88 bits per heavy atom. The van der Waals surface area contributed by atoms with Gasteiger partial charge in [-0.25, -0.2) is 0 Å². The van der Waals surface area contributed by atoms with Gasteiger partial charge in [0, 0.05) is 25.0 Å². The number of likely N-dealkylation sites (tertiary alicyclic amines) is 1. The Morgan fingerprint density at radius 2 is 2.24 bits per heavy atom. The van der Waals surface area contributed by atoms with Crippen molar-refractivity contribution in [1.82, 2.24) is 10.2 Å². The van der Waals surface area contributed by atoms with E-state index in [0.29, 0.717) is 18.4 Å². The zero-order valence-electron chi connectivity index (χ0n) is 10.9. The molecular formula is C13H24N2O2. The summed E-state index contributed by atoms with van der Waals surface area (Å²) >= 11 is 0. The van der Waals surface area contributed by atoms with E-state index in [1.54, 1.807) is 0 Å². The van der Waals surface area contributed by atoms with E-state index in [4.69, 9.17) is 0 Å². The number of hydrogen-bond acceptors (Lipinski definition) is 3. The van der Waals surface area contributed by atoms with Gasteiger partial charge >= 0.3 is 0 Å². The maximum absolute atomic E-state index is 11.8. The molecule has 1 amide bonds.